The van der Waals surface area contributed by atoms with Crippen LogP contribution in [0.1, 0.15) is 44.8 Å². The Morgan fingerprint density at radius 2 is 2.19 bits per heavy atom. The van der Waals surface area contributed by atoms with E-state index >= 15 is 0 Å². The van der Waals surface area contributed by atoms with Crippen molar-refractivity contribution in [3.63, 3.8) is 0 Å². The first-order valence-corrected chi connectivity index (χ1v) is 7.63. The van der Waals surface area contributed by atoms with Crippen molar-refractivity contribution >= 4 is 23.1 Å². The molecule has 1 unspecified atom stereocenters. The minimum absolute atomic E-state index is 0.169. The van der Waals surface area contributed by atoms with Crippen LogP contribution in [0.25, 0.3) is 0 Å². The van der Waals surface area contributed by atoms with Gasteiger partial charge in [-0.1, -0.05) is 27.7 Å². The number of hydrogen-bond donors (Lipinski definition) is 1. The number of nitrogens with zero attached hydrogens (tertiary/aromatic N) is 1. The lowest BCUT2D eigenvalue weighted by molar-refractivity contribution is 0.571. The highest BCUT2D eigenvalue weighted by Gasteiger charge is 2.17. The van der Waals surface area contributed by atoms with Crippen LogP contribution >= 0.6 is 23.1 Å². The van der Waals surface area contributed by atoms with E-state index in [1.54, 1.807) is 11.3 Å². The molecule has 16 heavy (non-hydrogen) atoms. The Bertz CT molecular complexity index is 315. The van der Waals surface area contributed by atoms with Crippen molar-refractivity contribution in [1.29, 1.82) is 0 Å². The molecule has 0 radical (unpaired) electrons. The van der Waals surface area contributed by atoms with E-state index < -0.39 is 0 Å². The van der Waals surface area contributed by atoms with E-state index in [0.717, 1.165) is 18.7 Å². The van der Waals surface area contributed by atoms with Gasteiger partial charge in [0, 0.05) is 21.8 Å². The highest BCUT2D eigenvalue weighted by molar-refractivity contribution is 7.99. The molecule has 0 aliphatic carbocycles. The molecule has 0 saturated carbocycles. The standard InChI is InChI=1S/C12H22N2S2/c1-9(5-6-13)15-8-11-14-10(7-16-11)12(2,3)4/h7,9H,5-6,8,13H2,1-4H3. The van der Waals surface area contributed by atoms with Crippen LogP contribution in [0.5, 0.6) is 0 Å². The molecular weight excluding hydrogens is 236 g/mol. The normalized spacial score (nSPS) is 14.1. The lowest BCUT2D eigenvalue weighted by Crippen LogP contribution is -2.11. The van der Waals surface area contributed by atoms with Gasteiger partial charge in [-0.2, -0.15) is 11.8 Å². The Balaban J connectivity index is 2.47. The predicted octanol–water partition coefficient (Wildman–Crippen LogP) is 3.41. The summed E-state index contributed by atoms with van der Waals surface area (Å²) in [7, 11) is 0. The number of thiazole rings is 1. The SMILES string of the molecule is CC(CCN)SCc1nc(C(C)(C)C)cs1. The van der Waals surface area contributed by atoms with Gasteiger partial charge in [-0.25, -0.2) is 4.98 Å². The maximum atomic E-state index is 5.53. The fourth-order valence-electron chi connectivity index (χ4n) is 1.25. The maximum absolute atomic E-state index is 5.53. The minimum atomic E-state index is 0.169. The van der Waals surface area contributed by atoms with Gasteiger partial charge < -0.3 is 5.73 Å². The van der Waals surface area contributed by atoms with Gasteiger partial charge in [0.15, 0.2) is 0 Å². The zero-order valence-corrected chi connectivity index (χ0v) is 12.3. The molecule has 1 rings (SSSR count). The van der Waals surface area contributed by atoms with Crippen molar-refractivity contribution in [1.82, 2.24) is 4.98 Å². The van der Waals surface area contributed by atoms with Crippen LogP contribution in [-0.4, -0.2) is 16.8 Å². The summed E-state index contributed by atoms with van der Waals surface area (Å²) in [5.41, 5.74) is 6.91. The van der Waals surface area contributed by atoms with Crippen LogP contribution in [-0.2, 0) is 11.2 Å². The van der Waals surface area contributed by atoms with E-state index in [0.29, 0.717) is 5.25 Å². The summed E-state index contributed by atoms with van der Waals surface area (Å²) in [6.07, 6.45) is 1.09. The minimum Gasteiger partial charge on any atom is -0.330 e. The first-order valence-electron chi connectivity index (χ1n) is 5.70. The summed E-state index contributed by atoms with van der Waals surface area (Å²) in [6, 6.07) is 0. The van der Waals surface area contributed by atoms with Crippen molar-refractivity contribution in [2.75, 3.05) is 6.54 Å². The number of aromatic nitrogens is 1. The molecule has 0 aromatic carbocycles. The molecule has 0 aliphatic heterocycles. The topological polar surface area (TPSA) is 38.9 Å². The second kappa shape index (κ2) is 6.03. The largest absolute Gasteiger partial charge is 0.330 e. The first kappa shape index (κ1) is 14.0. The van der Waals surface area contributed by atoms with Gasteiger partial charge in [0.1, 0.15) is 5.01 Å². The highest BCUT2D eigenvalue weighted by atomic mass is 32.2. The van der Waals surface area contributed by atoms with E-state index in [9.17, 15) is 0 Å². The zero-order valence-electron chi connectivity index (χ0n) is 10.6. The quantitative estimate of drug-likeness (QED) is 0.879. The van der Waals surface area contributed by atoms with Gasteiger partial charge in [0.05, 0.1) is 5.69 Å². The van der Waals surface area contributed by atoms with Crippen molar-refractivity contribution in [2.45, 2.75) is 50.5 Å². The van der Waals surface area contributed by atoms with E-state index in [1.165, 1.54) is 10.7 Å². The van der Waals surface area contributed by atoms with E-state index in [-0.39, 0.29) is 5.41 Å². The molecule has 0 saturated heterocycles. The third kappa shape index (κ3) is 4.44. The second-order valence-electron chi connectivity index (χ2n) is 5.08. The van der Waals surface area contributed by atoms with Crippen molar-refractivity contribution in [3.8, 4) is 0 Å². The molecule has 4 heteroatoms. The fourth-order valence-corrected chi connectivity index (χ4v) is 3.33. The summed E-state index contributed by atoms with van der Waals surface area (Å²) in [5.74, 6) is 1.02. The summed E-state index contributed by atoms with van der Waals surface area (Å²) in [6.45, 7) is 9.62. The van der Waals surface area contributed by atoms with Crippen LogP contribution in [0.4, 0.5) is 0 Å². The average molecular weight is 258 g/mol. The monoisotopic (exact) mass is 258 g/mol. The Morgan fingerprint density at radius 1 is 1.50 bits per heavy atom. The lowest BCUT2D eigenvalue weighted by Gasteiger charge is -2.14. The van der Waals surface area contributed by atoms with E-state index in [1.807, 2.05) is 11.8 Å². The van der Waals surface area contributed by atoms with Crippen LogP contribution in [0, 0.1) is 0 Å². The maximum Gasteiger partial charge on any atom is 0.103 e. The van der Waals surface area contributed by atoms with Gasteiger partial charge in [-0.05, 0) is 13.0 Å². The number of nitrogens with two attached hydrogens (primary N) is 1. The van der Waals surface area contributed by atoms with Crippen LogP contribution in [0.3, 0.4) is 0 Å². The third-order valence-corrected chi connectivity index (χ3v) is 4.66. The molecule has 1 aromatic heterocycles. The Kier molecular flexibility index (Phi) is 5.28. The number of rotatable bonds is 5. The van der Waals surface area contributed by atoms with Gasteiger partial charge in [-0.3, -0.25) is 0 Å². The molecule has 92 valence electrons. The van der Waals surface area contributed by atoms with Crippen molar-refractivity contribution in [3.05, 3.63) is 16.1 Å². The molecular formula is C12H22N2S2. The second-order valence-corrected chi connectivity index (χ2v) is 7.44. The van der Waals surface area contributed by atoms with Crippen LogP contribution in [0.2, 0.25) is 0 Å². The summed E-state index contributed by atoms with van der Waals surface area (Å²) in [5, 5.41) is 4.05. The molecule has 1 atom stereocenters. The number of thioether (sulfide) groups is 1. The van der Waals surface area contributed by atoms with E-state index in [4.69, 9.17) is 5.73 Å². The summed E-state index contributed by atoms with van der Waals surface area (Å²) >= 11 is 3.72. The Labute approximate surface area is 107 Å². The molecule has 0 amide bonds. The van der Waals surface area contributed by atoms with Crippen molar-refractivity contribution in [2.24, 2.45) is 5.73 Å². The molecule has 1 heterocycles. The molecule has 0 spiro atoms. The van der Waals surface area contributed by atoms with Crippen molar-refractivity contribution < 1.29 is 0 Å². The van der Waals surface area contributed by atoms with Crippen LogP contribution < -0.4 is 5.73 Å². The molecule has 0 fully saturated rings. The smallest absolute Gasteiger partial charge is 0.103 e. The van der Waals surface area contributed by atoms with Crippen LogP contribution in [0.15, 0.2) is 5.38 Å². The van der Waals surface area contributed by atoms with E-state index in [2.05, 4.69) is 38.1 Å². The Hall–Kier alpha value is -0.0600. The molecule has 0 bridgehead atoms. The van der Waals surface area contributed by atoms with Gasteiger partial charge >= 0.3 is 0 Å². The van der Waals surface area contributed by atoms with Gasteiger partial charge in [-0.15, -0.1) is 11.3 Å². The molecule has 0 aliphatic rings. The molecule has 2 nitrogen and oxygen atoms in total. The first-order chi connectivity index (χ1) is 7.43. The van der Waals surface area contributed by atoms with Gasteiger partial charge in [0.25, 0.3) is 0 Å². The zero-order chi connectivity index (χ0) is 12.2. The Morgan fingerprint density at radius 3 is 2.69 bits per heavy atom. The summed E-state index contributed by atoms with van der Waals surface area (Å²) in [4.78, 5) is 4.68. The molecule has 2 N–H and O–H groups in total. The molecule has 1 aromatic rings. The van der Waals surface area contributed by atoms with Gasteiger partial charge in [0.2, 0.25) is 0 Å². The predicted molar refractivity (Wildman–Crippen MR) is 75.2 cm³/mol. The summed E-state index contributed by atoms with van der Waals surface area (Å²) < 4.78 is 0. The number of hydrogen-bond acceptors (Lipinski definition) is 4. The highest BCUT2D eigenvalue weighted by Crippen LogP contribution is 2.27. The fraction of sp³-hybridized carbons (Fsp3) is 0.750. The average Bonchev–Trinajstić information content (AvgIpc) is 2.63. The third-order valence-electron chi connectivity index (χ3n) is 2.38. The lowest BCUT2D eigenvalue weighted by atomic mass is 9.93.